The predicted molar refractivity (Wildman–Crippen MR) is 91.0 cm³/mol. The molecule has 10 N–H and O–H groups in total. The van der Waals surface area contributed by atoms with Gasteiger partial charge in [-0.2, -0.15) is 0 Å². The number of aromatic carboxylic acids is 2. The molecule has 0 aliphatic carbocycles. The molecule has 0 atom stereocenters. The largest absolute Gasteiger partial charge is 0.478 e. The second-order valence-corrected chi connectivity index (χ2v) is 4.50. The molecule has 0 amide bonds. The van der Waals surface area contributed by atoms with Crippen molar-refractivity contribution in [3.8, 4) is 0 Å². The summed E-state index contributed by atoms with van der Waals surface area (Å²) in [4.78, 5) is 21.5. The molecule has 0 radical (unpaired) electrons. The normalized spacial score (nSPS) is 9.00. The van der Waals surface area contributed by atoms with Gasteiger partial charge in [-0.25, -0.2) is 9.59 Å². The van der Waals surface area contributed by atoms with Gasteiger partial charge in [0.05, 0.1) is 11.1 Å². The van der Waals surface area contributed by atoms with Gasteiger partial charge in [-0.05, 0) is 48.2 Å². The van der Waals surface area contributed by atoms with Gasteiger partial charge in [-0.3, -0.25) is 23.4 Å². The van der Waals surface area contributed by atoms with Gasteiger partial charge in [0.25, 0.3) is 0 Å². The van der Waals surface area contributed by atoms with Crippen molar-refractivity contribution >= 4 is 11.9 Å². The van der Waals surface area contributed by atoms with Crippen LogP contribution in [-0.4, -0.2) is 22.2 Å². The van der Waals surface area contributed by atoms with Crippen LogP contribution in [0.5, 0.6) is 0 Å². The monoisotopic (exact) mass is 334 g/mol. The predicted octanol–water partition coefficient (Wildman–Crippen LogP) is 0.506. The third-order valence-corrected chi connectivity index (χ3v) is 3.10. The van der Waals surface area contributed by atoms with Crippen molar-refractivity contribution in [3.63, 3.8) is 0 Å². The fourth-order valence-corrected chi connectivity index (χ4v) is 1.92. The Morgan fingerprint density at radius 3 is 1.08 bits per heavy atom. The lowest BCUT2D eigenvalue weighted by molar-refractivity contribution is 0.0686. The van der Waals surface area contributed by atoms with E-state index < -0.39 is 11.9 Å². The van der Waals surface area contributed by atoms with Gasteiger partial charge in [0.1, 0.15) is 0 Å². The summed E-state index contributed by atoms with van der Waals surface area (Å²) in [5, 5.41) is 17.6. The molecule has 0 fully saturated rings. The highest BCUT2D eigenvalue weighted by atomic mass is 16.4. The number of hydrazine groups is 2. The summed E-state index contributed by atoms with van der Waals surface area (Å²) in [5.41, 5.74) is 2.66. The van der Waals surface area contributed by atoms with E-state index in [-0.39, 0.29) is 11.1 Å². The second kappa shape index (κ2) is 11.7. The molecule has 24 heavy (non-hydrogen) atoms. The molecule has 130 valence electrons. The zero-order chi connectivity index (χ0) is 18.5. The fourth-order valence-electron chi connectivity index (χ4n) is 1.92. The molecule has 0 aromatic heterocycles. The number of hydrogen-bond acceptors (Lipinski definition) is 6. The van der Waals surface area contributed by atoms with Crippen LogP contribution >= 0.6 is 0 Å². The number of carboxylic acids is 2. The first-order chi connectivity index (χ1) is 11.6. The zero-order valence-electron chi connectivity index (χ0n) is 13.1. The van der Waals surface area contributed by atoms with Crippen LogP contribution in [0.25, 0.3) is 0 Å². The minimum atomic E-state index is -0.930. The third kappa shape index (κ3) is 6.99. The van der Waals surface area contributed by atoms with Crippen LogP contribution in [0.4, 0.5) is 0 Å². The quantitative estimate of drug-likeness (QED) is 0.338. The number of benzene rings is 2. The van der Waals surface area contributed by atoms with E-state index in [1.165, 1.54) is 0 Å². The smallest absolute Gasteiger partial charge is 0.335 e. The van der Waals surface area contributed by atoms with Crippen LogP contribution < -0.4 is 23.4 Å². The van der Waals surface area contributed by atoms with E-state index in [0.29, 0.717) is 0 Å². The van der Waals surface area contributed by atoms with Crippen LogP contribution in [0.2, 0.25) is 0 Å². The van der Waals surface area contributed by atoms with Gasteiger partial charge in [0.15, 0.2) is 0 Å². The summed E-state index contributed by atoms with van der Waals surface area (Å²) in [5.74, 6) is 14.1. The minimum absolute atomic E-state index is 0.277. The molecular weight excluding hydrogens is 312 g/mol. The van der Waals surface area contributed by atoms with Crippen molar-refractivity contribution in [1.82, 2.24) is 0 Å². The Kier molecular flexibility index (Phi) is 10.4. The molecule has 0 saturated heterocycles. The first kappa shape index (κ1) is 21.2. The van der Waals surface area contributed by atoms with E-state index in [0.717, 1.165) is 24.0 Å². The summed E-state index contributed by atoms with van der Waals surface area (Å²) < 4.78 is 0. The summed E-state index contributed by atoms with van der Waals surface area (Å²) in [6.07, 6.45) is 1.57. The van der Waals surface area contributed by atoms with E-state index >= 15 is 0 Å². The lowest BCUT2D eigenvalue weighted by Gasteiger charge is -2.03. The Balaban J connectivity index is 0.00000123. The average molecular weight is 334 g/mol. The van der Waals surface area contributed by atoms with Gasteiger partial charge in [-0.15, -0.1) is 0 Å². The molecular formula is C16H22N4O4. The highest BCUT2D eigenvalue weighted by Gasteiger charge is 2.03. The van der Waals surface area contributed by atoms with Crippen molar-refractivity contribution in [2.45, 2.75) is 12.8 Å². The molecule has 2 rings (SSSR count). The van der Waals surface area contributed by atoms with Gasteiger partial charge in [0, 0.05) is 0 Å². The Labute approximate surface area is 139 Å². The SMILES string of the molecule is NN.NN.O=C(O)c1ccc(CCc2ccc(C(=O)O)cc2)cc1. The fraction of sp³-hybridized carbons (Fsp3) is 0.125. The van der Waals surface area contributed by atoms with Crippen LogP contribution in [0.1, 0.15) is 31.8 Å². The molecule has 0 bridgehead atoms. The number of aryl methyl sites for hydroxylation is 2. The van der Waals surface area contributed by atoms with Crippen molar-refractivity contribution in [2.24, 2.45) is 23.4 Å². The first-order valence-electron chi connectivity index (χ1n) is 6.87. The summed E-state index contributed by atoms with van der Waals surface area (Å²) >= 11 is 0. The second-order valence-electron chi connectivity index (χ2n) is 4.50. The number of hydrogen-bond donors (Lipinski definition) is 6. The Morgan fingerprint density at radius 2 is 0.875 bits per heavy atom. The molecule has 0 aliphatic rings. The van der Waals surface area contributed by atoms with Gasteiger partial charge >= 0.3 is 11.9 Å². The highest BCUT2D eigenvalue weighted by molar-refractivity contribution is 5.88. The molecule has 8 heteroatoms. The maximum Gasteiger partial charge on any atom is 0.335 e. The Morgan fingerprint density at radius 1 is 0.625 bits per heavy atom. The molecule has 2 aromatic rings. The maximum atomic E-state index is 10.7. The van der Waals surface area contributed by atoms with E-state index in [4.69, 9.17) is 10.2 Å². The third-order valence-electron chi connectivity index (χ3n) is 3.10. The van der Waals surface area contributed by atoms with E-state index in [1.807, 2.05) is 0 Å². The summed E-state index contributed by atoms with van der Waals surface area (Å²) in [7, 11) is 0. The number of nitrogens with two attached hydrogens (primary N) is 4. The first-order valence-corrected chi connectivity index (χ1v) is 6.87. The standard InChI is InChI=1S/C16H14O4.2H4N2/c17-15(18)13-7-3-11(4-8-13)1-2-12-5-9-14(10-6-12)16(19)20;2*1-2/h3-10H,1-2H2,(H,17,18)(H,19,20);2*1-2H2. The number of carbonyl (C=O) groups is 2. The zero-order valence-corrected chi connectivity index (χ0v) is 13.1. The maximum absolute atomic E-state index is 10.7. The Hall–Kier alpha value is -2.78. The van der Waals surface area contributed by atoms with Crippen LogP contribution in [0.3, 0.4) is 0 Å². The molecule has 0 heterocycles. The van der Waals surface area contributed by atoms with Gasteiger partial charge in [0.2, 0.25) is 0 Å². The molecule has 0 saturated carbocycles. The van der Waals surface area contributed by atoms with Crippen LogP contribution in [0.15, 0.2) is 48.5 Å². The lowest BCUT2D eigenvalue weighted by Crippen LogP contribution is -2.02. The van der Waals surface area contributed by atoms with Gasteiger partial charge in [-0.1, -0.05) is 24.3 Å². The molecule has 2 aromatic carbocycles. The van der Waals surface area contributed by atoms with Crippen molar-refractivity contribution in [2.75, 3.05) is 0 Å². The average Bonchev–Trinajstić information content (AvgIpc) is 2.64. The summed E-state index contributed by atoms with van der Waals surface area (Å²) in [6.45, 7) is 0. The van der Waals surface area contributed by atoms with Gasteiger partial charge < -0.3 is 10.2 Å². The lowest BCUT2D eigenvalue weighted by atomic mass is 10.0. The molecule has 0 spiro atoms. The topological polar surface area (TPSA) is 179 Å². The summed E-state index contributed by atoms with van der Waals surface area (Å²) in [6, 6.07) is 13.6. The van der Waals surface area contributed by atoms with Crippen LogP contribution in [0, 0.1) is 0 Å². The van der Waals surface area contributed by atoms with Crippen LogP contribution in [-0.2, 0) is 12.8 Å². The number of carboxylic acid groups (broad SMARTS) is 2. The molecule has 0 aliphatic heterocycles. The molecule has 8 nitrogen and oxygen atoms in total. The van der Waals surface area contributed by atoms with E-state index in [9.17, 15) is 9.59 Å². The van der Waals surface area contributed by atoms with Crippen molar-refractivity contribution in [1.29, 1.82) is 0 Å². The van der Waals surface area contributed by atoms with E-state index in [2.05, 4.69) is 23.4 Å². The highest BCUT2D eigenvalue weighted by Crippen LogP contribution is 2.10. The Bertz CT molecular complexity index is 570. The van der Waals surface area contributed by atoms with Crippen molar-refractivity contribution < 1.29 is 19.8 Å². The van der Waals surface area contributed by atoms with Crippen molar-refractivity contribution in [3.05, 3.63) is 70.8 Å². The van der Waals surface area contributed by atoms with E-state index in [1.54, 1.807) is 48.5 Å². The minimum Gasteiger partial charge on any atom is -0.478 e. The number of rotatable bonds is 5. The molecule has 0 unspecified atom stereocenters.